The van der Waals surface area contributed by atoms with Gasteiger partial charge < -0.3 is 10.2 Å². The van der Waals surface area contributed by atoms with Gasteiger partial charge in [0.2, 0.25) is 0 Å². The maximum Gasteiger partial charge on any atom is 0.273 e. The summed E-state index contributed by atoms with van der Waals surface area (Å²) in [7, 11) is 0. The first-order valence-corrected chi connectivity index (χ1v) is 7.88. The number of phenols is 2. The van der Waals surface area contributed by atoms with E-state index in [4.69, 9.17) is 0 Å². The van der Waals surface area contributed by atoms with Gasteiger partial charge in [0.05, 0.1) is 22.0 Å². The molecule has 0 heterocycles. The number of rotatable bonds is 5. The number of nitro benzene ring substituents is 2. The minimum atomic E-state index is -0.673. The Morgan fingerprint density at radius 1 is 0.704 bits per heavy atom. The molecule has 8 nitrogen and oxygen atoms in total. The minimum Gasteiger partial charge on any atom is -0.507 e. The van der Waals surface area contributed by atoms with E-state index in [9.17, 15) is 30.4 Å². The van der Waals surface area contributed by atoms with Crippen molar-refractivity contribution in [2.24, 2.45) is 0 Å². The van der Waals surface area contributed by atoms with Crippen LogP contribution in [0.5, 0.6) is 11.5 Å². The van der Waals surface area contributed by atoms with Crippen molar-refractivity contribution in [1.29, 1.82) is 0 Å². The van der Waals surface area contributed by atoms with E-state index in [1.54, 1.807) is 30.3 Å². The van der Waals surface area contributed by atoms with Gasteiger partial charge in [-0.25, -0.2) is 0 Å². The molecule has 136 valence electrons. The van der Waals surface area contributed by atoms with Crippen molar-refractivity contribution in [3.05, 3.63) is 104 Å². The number of non-ortho nitro benzene ring substituents is 2. The Kier molecular flexibility index (Phi) is 4.71. The van der Waals surface area contributed by atoms with Gasteiger partial charge in [0.1, 0.15) is 11.5 Å². The van der Waals surface area contributed by atoms with Gasteiger partial charge in [0, 0.05) is 29.2 Å². The van der Waals surface area contributed by atoms with Crippen LogP contribution in [0.3, 0.4) is 0 Å². The van der Waals surface area contributed by atoms with Crippen LogP contribution >= 0.6 is 0 Å². The molecule has 0 bridgehead atoms. The molecular formula is C19H14N2O6. The summed E-state index contributed by atoms with van der Waals surface area (Å²) < 4.78 is 0. The highest BCUT2D eigenvalue weighted by atomic mass is 16.6. The lowest BCUT2D eigenvalue weighted by Crippen LogP contribution is -2.05. The van der Waals surface area contributed by atoms with Crippen LogP contribution < -0.4 is 0 Å². The molecule has 0 aromatic heterocycles. The fourth-order valence-electron chi connectivity index (χ4n) is 2.95. The predicted molar refractivity (Wildman–Crippen MR) is 96.9 cm³/mol. The largest absolute Gasteiger partial charge is 0.507 e. The first-order chi connectivity index (χ1) is 12.9. The number of hydrogen-bond donors (Lipinski definition) is 2. The quantitative estimate of drug-likeness (QED) is 0.398. The van der Waals surface area contributed by atoms with Gasteiger partial charge in [-0.05, 0) is 17.7 Å². The molecule has 2 N–H and O–H groups in total. The lowest BCUT2D eigenvalue weighted by molar-refractivity contribution is -0.385. The molecule has 0 fully saturated rings. The highest BCUT2D eigenvalue weighted by Crippen LogP contribution is 2.42. The third-order valence-electron chi connectivity index (χ3n) is 4.20. The molecule has 0 aliphatic heterocycles. The van der Waals surface area contributed by atoms with Crippen LogP contribution in [0.4, 0.5) is 11.4 Å². The van der Waals surface area contributed by atoms with Crippen LogP contribution in [0.15, 0.2) is 66.7 Å². The van der Waals surface area contributed by atoms with Gasteiger partial charge in [0.15, 0.2) is 0 Å². The average Bonchev–Trinajstić information content (AvgIpc) is 2.65. The summed E-state index contributed by atoms with van der Waals surface area (Å²) in [5.74, 6) is -1.29. The second kappa shape index (κ2) is 7.12. The van der Waals surface area contributed by atoms with Crippen LogP contribution in [0, 0.1) is 20.2 Å². The molecule has 0 spiro atoms. The van der Waals surface area contributed by atoms with Crippen LogP contribution in [0.25, 0.3) is 0 Å². The molecule has 8 heteroatoms. The van der Waals surface area contributed by atoms with Crippen molar-refractivity contribution in [1.82, 2.24) is 0 Å². The normalized spacial score (nSPS) is 10.7. The van der Waals surface area contributed by atoms with Crippen molar-refractivity contribution >= 4 is 11.4 Å². The summed E-state index contributed by atoms with van der Waals surface area (Å²) in [6, 6.07) is 16.3. The molecule has 3 rings (SSSR count). The number of hydrogen-bond acceptors (Lipinski definition) is 6. The van der Waals surface area contributed by atoms with Crippen molar-refractivity contribution in [2.75, 3.05) is 0 Å². The van der Waals surface area contributed by atoms with Gasteiger partial charge in [-0.3, -0.25) is 20.2 Å². The third-order valence-corrected chi connectivity index (χ3v) is 4.20. The average molecular weight is 366 g/mol. The molecule has 0 aliphatic rings. The fourth-order valence-corrected chi connectivity index (χ4v) is 2.95. The first-order valence-electron chi connectivity index (χ1n) is 7.88. The Morgan fingerprint density at radius 3 is 1.52 bits per heavy atom. The lowest BCUT2D eigenvalue weighted by Gasteiger charge is -2.20. The number of aromatic hydroxyl groups is 2. The van der Waals surface area contributed by atoms with Gasteiger partial charge >= 0.3 is 0 Å². The Labute approximate surface area is 153 Å². The highest BCUT2D eigenvalue weighted by Gasteiger charge is 2.25. The maximum atomic E-state index is 10.9. The zero-order valence-corrected chi connectivity index (χ0v) is 13.9. The number of phenolic OH excluding ortho intramolecular Hbond substituents is 2. The van der Waals surface area contributed by atoms with Gasteiger partial charge in [0.25, 0.3) is 11.4 Å². The molecule has 0 saturated carbocycles. The molecule has 27 heavy (non-hydrogen) atoms. The third kappa shape index (κ3) is 3.54. The van der Waals surface area contributed by atoms with E-state index in [2.05, 4.69) is 0 Å². The molecule has 0 atom stereocenters. The number of benzene rings is 3. The van der Waals surface area contributed by atoms with Crippen LogP contribution in [-0.4, -0.2) is 20.1 Å². The monoisotopic (exact) mass is 366 g/mol. The van der Waals surface area contributed by atoms with Crippen LogP contribution in [0.2, 0.25) is 0 Å². The topological polar surface area (TPSA) is 127 Å². The summed E-state index contributed by atoms with van der Waals surface area (Å²) >= 11 is 0. The molecule has 0 radical (unpaired) electrons. The Hall–Kier alpha value is -3.94. The SMILES string of the molecule is O=[N+]([O-])c1ccc(C(c2ccccc2)c2ccc([N+](=O)[O-])cc2O)c(O)c1. The van der Waals surface area contributed by atoms with Gasteiger partial charge in [-0.1, -0.05) is 30.3 Å². The van der Waals surface area contributed by atoms with Gasteiger partial charge in [-0.2, -0.15) is 0 Å². The van der Waals surface area contributed by atoms with Crippen molar-refractivity contribution in [2.45, 2.75) is 5.92 Å². The van der Waals surface area contributed by atoms with E-state index >= 15 is 0 Å². The minimum absolute atomic E-state index is 0.268. The Morgan fingerprint density at radius 2 is 1.15 bits per heavy atom. The Bertz CT molecular complexity index is 956. The zero-order chi connectivity index (χ0) is 19.6. The zero-order valence-electron chi connectivity index (χ0n) is 13.9. The van der Waals surface area contributed by atoms with Crippen molar-refractivity contribution < 1.29 is 20.1 Å². The molecule has 3 aromatic rings. The first kappa shape index (κ1) is 17.9. The smallest absolute Gasteiger partial charge is 0.273 e. The predicted octanol–water partition coefficient (Wildman–Crippen LogP) is 4.09. The van der Waals surface area contributed by atoms with Crippen LogP contribution in [-0.2, 0) is 0 Å². The maximum absolute atomic E-state index is 10.9. The van der Waals surface area contributed by atoms with E-state index in [-0.39, 0.29) is 22.9 Å². The molecule has 0 saturated heterocycles. The van der Waals surface area contributed by atoms with Crippen LogP contribution in [0.1, 0.15) is 22.6 Å². The summed E-state index contributed by atoms with van der Waals surface area (Å²) in [6.07, 6.45) is 0. The van der Waals surface area contributed by atoms with Crippen molar-refractivity contribution in [3.63, 3.8) is 0 Å². The molecule has 3 aromatic carbocycles. The molecule has 0 aliphatic carbocycles. The summed E-state index contributed by atoms with van der Waals surface area (Å²) in [5, 5.41) is 42.6. The summed E-state index contributed by atoms with van der Waals surface area (Å²) in [5.41, 5.74) is 0.824. The second-order valence-corrected chi connectivity index (χ2v) is 5.84. The van der Waals surface area contributed by atoms with Crippen molar-refractivity contribution in [3.8, 4) is 11.5 Å². The van der Waals surface area contributed by atoms with E-state index in [0.29, 0.717) is 16.7 Å². The molecular weight excluding hydrogens is 352 g/mol. The molecule has 0 unspecified atom stereocenters. The number of nitro groups is 2. The highest BCUT2D eigenvalue weighted by molar-refractivity contribution is 5.57. The lowest BCUT2D eigenvalue weighted by atomic mass is 9.84. The van der Waals surface area contributed by atoms with Gasteiger partial charge in [-0.15, -0.1) is 0 Å². The van der Waals surface area contributed by atoms with E-state index in [1.807, 2.05) is 0 Å². The van der Waals surface area contributed by atoms with E-state index < -0.39 is 15.8 Å². The number of nitrogens with zero attached hydrogens (tertiary/aromatic N) is 2. The summed E-state index contributed by atoms with van der Waals surface area (Å²) in [6.45, 7) is 0. The molecule has 0 amide bonds. The second-order valence-electron chi connectivity index (χ2n) is 5.84. The van der Waals surface area contributed by atoms with E-state index in [0.717, 1.165) is 12.1 Å². The summed E-state index contributed by atoms with van der Waals surface area (Å²) in [4.78, 5) is 20.6. The van der Waals surface area contributed by atoms with E-state index in [1.165, 1.54) is 24.3 Å². The fraction of sp³-hybridized carbons (Fsp3) is 0.0526. The standard InChI is InChI=1S/C19H14N2O6/c22-17-10-13(20(24)25)6-8-15(17)19(12-4-2-1-3-5-12)16-9-7-14(21(26)27)11-18(16)23/h1-11,19,22-23H. The Balaban J connectivity index is 2.20.